The van der Waals surface area contributed by atoms with Crippen molar-refractivity contribution in [3.63, 3.8) is 0 Å². The van der Waals surface area contributed by atoms with Gasteiger partial charge in [0.05, 0.1) is 29.7 Å². The lowest BCUT2D eigenvalue weighted by atomic mass is 10.2. The number of benzene rings is 1. The molecule has 2 rings (SSSR count). The van der Waals surface area contributed by atoms with Crippen molar-refractivity contribution < 1.29 is 0 Å². The first-order chi connectivity index (χ1) is 8.72. The van der Waals surface area contributed by atoms with E-state index >= 15 is 0 Å². The van der Waals surface area contributed by atoms with Gasteiger partial charge >= 0.3 is 0 Å². The van der Waals surface area contributed by atoms with Crippen LogP contribution in [0.15, 0.2) is 35.1 Å². The van der Waals surface area contributed by atoms with Crippen LogP contribution in [0.25, 0.3) is 0 Å². The minimum absolute atomic E-state index is 0.463. The van der Waals surface area contributed by atoms with Crippen molar-refractivity contribution in [1.29, 1.82) is 5.26 Å². The van der Waals surface area contributed by atoms with Crippen molar-refractivity contribution in [3.05, 3.63) is 40.6 Å². The SMILES string of the molecule is N#Cc1ccc(Nc2cncc(NN)n2)c(Br)c1. The Morgan fingerprint density at radius 1 is 1.28 bits per heavy atom. The molecular formula is C11H9BrN6. The largest absolute Gasteiger partial charge is 0.338 e. The van der Waals surface area contributed by atoms with Crippen LogP contribution in [0.5, 0.6) is 0 Å². The minimum atomic E-state index is 0.463. The Bertz CT molecular complexity index is 607. The molecule has 0 fully saturated rings. The number of anilines is 3. The fraction of sp³-hybridized carbons (Fsp3) is 0. The third-order valence-electron chi connectivity index (χ3n) is 2.14. The number of nitriles is 1. The van der Waals surface area contributed by atoms with Gasteiger partial charge in [-0.25, -0.2) is 10.8 Å². The minimum Gasteiger partial charge on any atom is -0.338 e. The average molecular weight is 305 g/mol. The summed E-state index contributed by atoms with van der Waals surface area (Å²) in [6, 6.07) is 7.29. The van der Waals surface area contributed by atoms with E-state index in [0.717, 1.165) is 10.2 Å². The lowest BCUT2D eigenvalue weighted by Crippen LogP contribution is -2.09. The highest BCUT2D eigenvalue weighted by atomic mass is 79.9. The number of nitrogens with two attached hydrogens (primary N) is 1. The highest BCUT2D eigenvalue weighted by molar-refractivity contribution is 9.10. The maximum Gasteiger partial charge on any atom is 0.160 e. The molecule has 0 unspecified atom stereocenters. The summed E-state index contributed by atoms with van der Waals surface area (Å²) in [7, 11) is 0. The van der Waals surface area contributed by atoms with Crippen LogP contribution in [0, 0.1) is 11.3 Å². The normalized spacial score (nSPS) is 9.61. The number of nitrogen functional groups attached to an aromatic ring is 1. The lowest BCUT2D eigenvalue weighted by molar-refractivity contribution is 1.16. The van der Waals surface area contributed by atoms with Gasteiger partial charge in [0.15, 0.2) is 11.6 Å². The molecule has 1 aromatic carbocycles. The average Bonchev–Trinajstić information content (AvgIpc) is 2.41. The third kappa shape index (κ3) is 2.74. The monoisotopic (exact) mass is 304 g/mol. The zero-order valence-corrected chi connectivity index (χ0v) is 10.8. The molecule has 1 heterocycles. The second-order valence-electron chi connectivity index (χ2n) is 3.37. The molecule has 0 saturated carbocycles. The second-order valence-corrected chi connectivity index (χ2v) is 4.22. The van der Waals surface area contributed by atoms with E-state index in [0.29, 0.717) is 17.2 Å². The van der Waals surface area contributed by atoms with Crippen LogP contribution < -0.4 is 16.6 Å². The van der Waals surface area contributed by atoms with E-state index in [1.54, 1.807) is 24.4 Å². The summed E-state index contributed by atoms with van der Waals surface area (Å²) in [5.74, 6) is 6.27. The molecule has 0 aliphatic rings. The predicted molar refractivity (Wildman–Crippen MR) is 72.0 cm³/mol. The molecule has 0 radical (unpaired) electrons. The zero-order valence-electron chi connectivity index (χ0n) is 9.18. The van der Waals surface area contributed by atoms with Gasteiger partial charge in [-0.3, -0.25) is 4.98 Å². The molecule has 0 amide bonds. The first kappa shape index (κ1) is 12.3. The van der Waals surface area contributed by atoms with Gasteiger partial charge in [0.25, 0.3) is 0 Å². The van der Waals surface area contributed by atoms with Gasteiger partial charge in [0, 0.05) is 4.47 Å². The van der Waals surface area contributed by atoms with Crippen molar-refractivity contribution in [2.75, 3.05) is 10.7 Å². The van der Waals surface area contributed by atoms with Gasteiger partial charge < -0.3 is 10.7 Å². The molecule has 0 aliphatic heterocycles. The number of hydrogen-bond acceptors (Lipinski definition) is 6. The van der Waals surface area contributed by atoms with E-state index in [4.69, 9.17) is 11.1 Å². The summed E-state index contributed by atoms with van der Waals surface area (Å²) in [6.07, 6.45) is 3.09. The Morgan fingerprint density at radius 3 is 2.72 bits per heavy atom. The number of nitrogens with one attached hydrogen (secondary N) is 2. The van der Waals surface area contributed by atoms with Gasteiger partial charge in [-0.1, -0.05) is 0 Å². The fourth-order valence-electron chi connectivity index (χ4n) is 1.32. The Balaban J connectivity index is 2.26. The van der Waals surface area contributed by atoms with Gasteiger partial charge in [-0.15, -0.1) is 0 Å². The quantitative estimate of drug-likeness (QED) is 0.593. The maximum atomic E-state index is 8.78. The van der Waals surface area contributed by atoms with Crippen LogP contribution in [0.1, 0.15) is 5.56 Å². The second kappa shape index (κ2) is 5.44. The molecule has 0 atom stereocenters. The molecule has 6 nitrogen and oxygen atoms in total. The van der Waals surface area contributed by atoms with Crippen molar-refractivity contribution >= 4 is 33.3 Å². The molecule has 0 spiro atoms. The van der Waals surface area contributed by atoms with Crippen LogP contribution in [-0.2, 0) is 0 Å². The highest BCUT2D eigenvalue weighted by Crippen LogP contribution is 2.26. The molecule has 0 saturated heterocycles. The molecule has 90 valence electrons. The number of hydrazine groups is 1. The van der Waals surface area contributed by atoms with Crippen molar-refractivity contribution in [3.8, 4) is 6.07 Å². The van der Waals surface area contributed by atoms with Crippen LogP contribution in [0.3, 0.4) is 0 Å². The van der Waals surface area contributed by atoms with Gasteiger partial charge in [0.2, 0.25) is 0 Å². The van der Waals surface area contributed by atoms with E-state index in [-0.39, 0.29) is 0 Å². The summed E-state index contributed by atoms with van der Waals surface area (Å²) in [4.78, 5) is 8.15. The number of aromatic nitrogens is 2. The summed E-state index contributed by atoms with van der Waals surface area (Å²) >= 11 is 3.38. The standard InChI is InChI=1S/C11H9BrN6/c12-8-3-7(4-13)1-2-9(8)16-10-5-15-6-11(17-10)18-14/h1-3,5-6H,14H2,(H2,16,17,18). The number of rotatable bonds is 3. The Kier molecular flexibility index (Phi) is 3.72. The van der Waals surface area contributed by atoms with Crippen LogP contribution >= 0.6 is 15.9 Å². The Morgan fingerprint density at radius 2 is 2.06 bits per heavy atom. The van der Waals surface area contributed by atoms with Gasteiger partial charge in [-0.2, -0.15) is 5.26 Å². The first-order valence-corrected chi connectivity index (χ1v) is 5.77. The Labute approximate surface area is 112 Å². The van der Waals surface area contributed by atoms with Crippen molar-refractivity contribution in [2.45, 2.75) is 0 Å². The van der Waals surface area contributed by atoms with Crippen molar-refractivity contribution in [2.24, 2.45) is 5.84 Å². The first-order valence-electron chi connectivity index (χ1n) is 4.98. The summed E-state index contributed by atoms with van der Waals surface area (Å²) in [6.45, 7) is 0. The van der Waals surface area contributed by atoms with E-state index in [1.165, 1.54) is 6.20 Å². The molecule has 7 heteroatoms. The third-order valence-corrected chi connectivity index (χ3v) is 2.80. The number of halogens is 1. The lowest BCUT2D eigenvalue weighted by Gasteiger charge is -2.08. The smallest absolute Gasteiger partial charge is 0.160 e. The topological polar surface area (TPSA) is 99.7 Å². The predicted octanol–water partition coefficient (Wildman–Crippen LogP) is 2.14. The van der Waals surface area contributed by atoms with Gasteiger partial charge in [-0.05, 0) is 34.1 Å². The number of hydrogen-bond donors (Lipinski definition) is 3. The highest BCUT2D eigenvalue weighted by Gasteiger charge is 2.03. The van der Waals surface area contributed by atoms with E-state index in [9.17, 15) is 0 Å². The summed E-state index contributed by atoms with van der Waals surface area (Å²) in [5.41, 5.74) is 3.79. The van der Waals surface area contributed by atoms with Crippen LogP contribution in [0.2, 0.25) is 0 Å². The molecule has 18 heavy (non-hydrogen) atoms. The summed E-state index contributed by atoms with van der Waals surface area (Å²) < 4.78 is 0.773. The fourth-order valence-corrected chi connectivity index (χ4v) is 1.80. The molecule has 2 aromatic rings. The van der Waals surface area contributed by atoms with E-state index in [1.807, 2.05) is 0 Å². The Hall–Kier alpha value is -2.17. The maximum absolute atomic E-state index is 8.78. The molecular weight excluding hydrogens is 296 g/mol. The molecule has 0 aliphatic carbocycles. The molecule has 1 aromatic heterocycles. The van der Waals surface area contributed by atoms with Crippen LogP contribution in [-0.4, -0.2) is 9.97 Å². The van der Waals surface area contributed by atoms with E-state index < -0.39 is 0 Å². The molecule has 4 N–H and O–H groups in total. The van der Waals surface area contributed by atoms with Gasteiger partial charge in [0.1, 0.15) is 0 Å². The zero-order chi connectivity index (χ0) is 13.0. The van der Waals surface area contributed by atoms with Crippen molar-refractivity contribution in [1.82, 2.24) is 9.97 Å². The van der Waals surface area contributed by atoms with Crippen LogP contribution in [0.4, 0.5) is 17.3 Å². The summed E-state index contributed by atoms with van der Waals surface area (Å²) in [5, 5.41) is 11.8. The van der Waals surface area contributed by atoms with E-state index in [2.05, 4.69) is 42.7 Å². The number of nitrogens with zero attached hydrogens (tertiary/aromatic N) is 3. The molecule has 0 bridgehead atoms.